The van der Waals surface area contributed by atoms with Crippen LogP contribution in [0.15, 0.2) is 30.3 Å². The normalized spacial score (nSPS) is 13.7. The first-order valence-electron chi connectivity index (χ1n) is 7.03. The quantitative estimate of drug-likeness (QED) is 0.859. The number of anilines is 1. The van der Waals surface area contributed by atoms with Gasteiger partial charge in [0.05, 0.1) is 6.04 Å². The molecule has 0 aliphatic heterocycles. The van der Waals surface area contributed by atoms with Gasteiger partial charge < -0.3 is 5.73 Å². The summed E-state index contributed by atoms with van der Waals surface area (Å²) in [5, 5.41) is 3.25. The van der Waals surface area contributed by atoms with Gasteiger partial charge in [0, 0.05) is 18.0 Å². The highest BCUT2D eigenvalue weighted by Gasteiger charge is 2.20. The van der Waals surface area contributed by atoms with Gasteiger partial charge in [-0.2, -0.15) is 4.37 Å². The standard InChI is InChI=1S/C15H20N4OS/c1-3-10(2)13(16)14(20)18-15-17-12(19-21-15)9-11-7-5-4-6-8-11/h4-8,10,13H,3,9,16H2,1-2H3,(H,17,18,19,20). The first kappa shape index (κ1) is 15.6. The molecule has 0 bridgehead atoms. The van der Waals surface area contributed by atoms with E-state index >= 15 is 0 Å². The van der Waals surface area contributed by atoms with E-state index in [1.54, 1.807) is 0 Å². The third-order valence-corrected chi connectivity index (χ3v) is 4.13. The fourth-order valence-electron chi connectivity index (χ4n) is 1.86. The maximum Gasteiger partial charge on any atom is 0.243 e. The maximum absolute atomic E-state index is 12.0. The van der Waals surface area contributed by atoms with E-state index in [1.807, 2.05) is 44.2 Å². The fraction of sp³-hybridized carbons (Fsp3) is 0.400. The first-order chi connectivity index (χ1) is 10.1. The molecule has 112 valence electrons. The second kappa shape index (κ2) is 7.28. The van der Waals surface area contributed by atoms with E-state index in [0.717, 1.165) is 12.0 Å². The molecule has 1 aromatic carbocycles. The molecule has 2 atom stereocenters. The zero-order valence-electron chi connectivity index (χ0n) is 12.2. The topological polar surface area (TPSA) is 80.9 Å². The van der Waals surface area contributed by atoms with Crippen LogP contribution in [0.25, 0.3) is 0 Å². The monoisotopic (exact) mass is 304 g/mol. The summed E-state index contributed by atoms with van der Waals surface area (Å²) in [6.07, 6.45) is 1.52. The number of carbonyl (C=O) groups is 1. The number of nitrogens with zero attached hydrogens (tertiary/aromatic N) is 2. The van der Waals surface area contributed by atoms with Gasteiger partial charge in [-0.1, -0.05) is 50.6 Å². The molecule has 0 saturated carbocycles. The molecule has 2 aromatic rings. The predicted octanol–water partition coefficient (Wildman–Crippen LogP) is 2.44. The Hall–Kier alpha value is -1.79. The van der Waals surface area contributed by atoms with Crippen LogP contribution >= 0.6 is 11.5 Å². The minimum absolute atomic E-state index is 0.140. The van der Waals surface area contributed by atoms with Crippen LogP contribution in [0.5, 0.6) is 0 Å². The van der Waals surface area contributed by atoms with Gasteiger partial charge in [0.2, 0.25) is 11.0 Å². The molecule has 2 unspecified atom stereocenters. The fourth-order valence-corrected chi connectivity index (χ4v) is 2.45. The molecule has 0 radical (unpaired) electrons. The Morgan fingerprint density at radius 3 is 2.76 bits per heavy atom. The van der Waals surface area contributed by atoms with E-state index in [9.17, 15) is 4.79 Å². The van der Waals surface area contributed by atoms with Crippen LogP contribution in [0.3, 0.4) is 0 Å². The Kier molecular flexibility index (Phi) is 5.41. The Labute approximate surface area is 128 Å². The largest absolute Gasteiger partial charge is 0.320 e. The molecule has 1 amide bonds. The summed E-state index contributed by atoms with van der Waals surface area (Å²) in [6.45, 7) is 3.98. The van der Waals surface area contributed by atoms with Crippen LogP contribution in [0.1, 0.15) is 31.7 Å². The van der Waals surface area contributed by atoms with Crippen molar-refractivity contribution >= 4 is 22.6 Å². The first-order valence-corrected chi connectivity index (χ1v) is 7.80. The lowest BCUT2D eigenvalue weighted by Gasteiger charge is -2.16. The Bertz CT molecular complexity index is 584. The van der Waals surface area contributed by atoms with Gasteiger partial charge in [-0.15, -0.1) is 0 Å². The predicted molar refractivity (Wildman–Crippen MR) is 85.2 cm³/mol. The van der Waals surface area contributed by atoms with Crippen molar-refractivity contribution in [2.45, 2.75) is 32.7 Å². The van der Waals surface area contributed by atoms with Crippen LogP contribution in [-0.2, 0) is 11.2 Å². The molecule has 0 fully saturated rings. The zero-order valence-corrected chi connectivity index (χ0v) is 13.1. The van der Waals surface area contributed by atoms with Gasteiger partial charge in [0.25, 0.3) is 0 Å². The second-order valence-electron chi connectivity index (χ2n) is 5.08. The molecule has 1 aromatic heterocycles. The number of aromatic nitrogens is 2. The molecule has 6 heteroatoms. The minimum atomic E-state index is -0.517. The van der Waals surface area contributed by atoms with Gasteiger partial charge >= 0.3 is 0 Å². The lowest BCUT2D eigenvalue weighted by Crippen LogP contribution is -2.40. The Morgan fingerprint density at radius 2 is 2.10 bits per heavy atom. The molecule has 0 spiro atoms. The highest BCUT2D eigenvalue weighted by atomic mass is 32.1. The van der Waals surface area contributed by atoms with E-state index in [0.29, 0.717) is 17.4 Å². The second-order valence-corrected chi connectivity index (χ2v) is 5.83. The molecule has 3 N–H and O–H groups in total. The number of carbonyl (C=O) groups excluding carboxylic acids is 1. The van der Waals surface area contributed by atoms with Gasteiger partial charge in [-0.3, -0.25) is 10.1 Å². The Balaban J connectivity index is 1.96. The van der Waals surface area contributed by atoms with Crippen molar-refractivity contribution in [3.63, 3.8) is 0 Å². The average Bonchev–Trinajstić information content (AvgIpc) is 2.93. The SMILES string of the molecule is CCC(C)C(N)C(=O)Nc1nc(Cc2ccccc2)ns1. The van der Waals surface area contributed by atoms with E-state index in [2.05, 4.69) is 14.7 Å². The van der Waals surface area contributed by atoms with Gasteiger partial charge in [0.15, 0.2) is 0 Å². The third-order valence-electron chi connectivity index (χ3n) is 3.46. The van der Waals surface area contributed by atoms with Crippen molar-refractivity contribution < 1.29 is 4.79 Å². The number of benzene rings is 1. The molecule has 21 heavy (non-hydrogen) atoms. The number of nitrogens with two attached hydrogens (primary N) is 1. The van der Waals surface area contributed by atoms with Crippen LogP contribution in [0.4, 0.5) is 5.13 Å². The number of nitrogens with one attached hydrogen (secondary N) is 1. The van der Waals surface area contributed by atoms with E-state index in [1.165, 1.54) is 11.5 Å². The van der Waals surface area contributed by atoms with Gasteiger partial charge in [0.1, 0.15) is 5.82 Å². The Morgan fingerprint density at radius 1 is 1.38 bits per heavy atom. The van der Waals surface area contributed by atoms with Crippen LogP contribution in [0, 0.1) is 5.92 Å². The molecule has 0 saturated heterocycles. The number of hydrogen-bond acceptors (Lipinski definition) is 5. The molecule has 1 heterocycles. The van der Waals surface area contributed by atoms with Crippen molar-refractivity contribution in [3.8, 4) is 0 Å². The third kappa shape index (κ3) is 4.34. The zero-order chi connectivity index (χ0) is 15.2. The molecular formula is C15H20N4OS. The summed E-state index contributed by atoms with van der Waals surface area (Å²) in [5.74, 6) is 0.645. The number of amides is 1. The molecule has 2 rings (SSSR count). The molecule has 0 aliphatic carbocycles. The number of hydrogen-bond donors (Lipinski definition) is 2. The van der Waals surface area contributed by atoms with Crippen molar-refractivity contribution in [1.82, 2.24) is 9.36 Å². The molecule has 0 aliphatic rings. The van der Waals surface area contributed by atoms with Crippen LogP contribution in [0.2, 0.25) is 0 Å². The van der Waals surface area contributed by atoms with Crippen molar-refractivity contribution in [2.75, 3.05) is 5.32 Å². The maximum atomic E-state index is 12.0. The summed E-state index contributed by atoms with van der Waals surface area (Å²) < 4.78 is 4.26. The smallest absolute Gasteiger partial charge is 0.243 e. The summed E-state index contributed by atoms with van der Waals surface area (Å²) in [4.78, 5) is 16.3. The van der Waals surface area contributed by atoms with Crippen LogP contribution < -0.4 is 11.1 Å². The van der Waals surface area contributed by atoms with E-state index in [-0.39, 0.29) is 11.8 Å². The summed E-state index contributed by atoms with van der Waals surface area (Å²) in [5.41, 5.74) is 7.04. The number of rotatable bonds is 6. The lowest BCUT2D eigenvalue weighted by molar-refractivity contribution is -0.118. The highest BCUT2D eigenvalue weighted by Crippen LogP contribution is 2.15. The molecule has 5 nitrogen and oxygen atoms in total. The van der Waals surface area contributed by atoms with E-state index < -0.39 is 6.04 Å². The highest BCUT2D eigenvalue weighted by molar-refractivity contribution is 7.09. The summed E-state index contributed by atoms with van der Waals surface area (Å²) in [7, 11) is 0. The molecular weight excluding hydrogens is 284 g/mol. The van der Waals surface area contributed by atoms with Crippen molar-refractivity contribution in [3.05, 3.63) is 41.7 Å². The van der Waals surface area contributed by atoms with Crippen molar-refractivity contribution in [2.24, 2.45) is 11.7 Å². The summed E-state index contributed by atoms with van der Waals surface area (Å²) in [6, 6.07) is 9.47. The van der Waals surface area contributed by atoms with Crippen LogP contribution in [-0.4, -0.2) is 21.3 Å². The summed E-state index contributed by atoms with van der Waals surface area (Å²) >= 11 is 1.19. The minimum Gasteiger partial charge on any atom is -0.320 e. The van der Waals surface area contributed by atoms with Crippen molar-refractivity contribution in [1.29, 1.82) is 0 Å². The lowest BCUT2D eigenvalue weighted by atomic mass is 10.00. The average molecular weight is 304 g/mol. The van der Waals surface area contributed by atoms with Gasteiger partial charge in [-0.25, -0.2) is 4.98 Å². The van der Waals surface area contributed by atoms with E-state index in [4.69, 9.17) is 5.73 Å². The van der Waals surface area contributed by atoms with Gasteiger partial charge in [-0.05, 0) is 11.5 Å².